The van der Waals surface area contributed by atoms with E-state index in [1.165, 1.54) is 24.8 Å². The highest BCUT2D eigenvalue weighted by atomic mass is 35.5. The second-order valence-electron chi connectivity index (χ2n) is 7.01. The van der Waals surface area contributed by atoms with Crippen molar-refractivity contribution in [1.29, 1.82) is 0 Å². The van der Waals surface area contributed by atoms with Gasteiger partial charge in [-0.05, 0) is 49.0 Å². The molecule has 0 saturated heterocycles. The minimum atomic E-state index is -0.426. The van der Waals surface area contributed by atoms with Gasteiger partial charge < -0.3 is 20.5 Å². The Morgan fingerprint density at radius 3 is 2.73 bits per heavy atom. The maximum absolute atomic E-state index is 12.4. The highest BCUT2D eigenvalue weighted by Crippen LogP contribution is 2.43. The fourth-order valence-corrected chi connectivity index (χ4v) is 4.28. The van der Waals surface area contributed by atoms with Crippen molar-refractivity contribution in [3.63, 3.8) is 0 Å². The predicted octanol–water partition coefficient (Wildman–Crippen LogP) is 3.24. The molecule has 1 aliphatic heterocycles. The van der Waals surface area contributed by atoms with Crippen LogP contribution < -0.4 is 20.5 Å². The van der Waals surface area contributed by atoms with E-state index >= 15 is 0 Å². The van der Waals surface area contributed by atoms with Crippen molar-refractivity contribution in [2.24, 2.45) is 5.73 Å². The van der Waals surface area contributed by atoms with Gasteiger partial charge >= 0.3 is 0 Å². The Balaban J connectivity index is 0.00000243. The van der Waals surface area contributed by atoms with Crippen molar-refractivity contribution < 1.29 is 14.3 Å². The summed E-state index contributed by atoms with van der Waals surface area (Å²) in [6.07, 6.45) is 8.52. The Labute approximate surface area is 166 Å². The SMILES string of the molecule is CSCC[C@H](N)C(=O)NCC1(c2ccc3c(c2)OCO3)CCCCC1.Cl. The summed E-state index contributed by atoms with van der Waals surface area (Å²) in [7, 11) is 0. The third kappa shape index (κ3) is 4.78. The van der Waals surface area contributed by atoms with Crippen LogP contribution in [0.1, 0.15) is 44.1 Å². The number of amides is 1. The Bertz CT molecular complexity index is 608. The Hall–Kier alpha value is -1.11. The fraction of sp³-hybridized carbons (Fsp3) is 0.632. The first kappa shape index (κ1) is 21.2. The lowest BCUT2D eigenvalue weighted by molar-refractivity contribution is -0.122. The maximum Gasteiger partial charge on any atom is 0.236 e. The summed E-state index contributed by atoms with van der Waals surface area (Å²) < 4.78 is 11.0. The number of fused-ring (bicyclic) bond motifs is 1. The van der Waals surface area contributed by atoms with Gasteiger partial charge in [0.15, 0.2) is 11.5 Å². The maximum atomic E-state index is 12.4. The van der Waals surface area contributed by atoms with Gasteiger partial charge in [-0.1, -0.05) is 25.3 Å². The van der Waals surface area contributed by atoms with E-state index in [1.807, 2.05) is 12.3 Å². The number of rotatable bonds is 7. The van der Waals surface area contributed by atoms with Crippen LogP contribution in [0.15, 0.2) is 18.2 Å². The Kier molecular flexibility index (Phi) is 7.92. The zero-order valence-electron chi connectivity index (χ0n) is 15.3. The minimum absolute atomic E-state index is 0. The molecule has 5 nitrogen and oxygen atoms in total. The van der Waals surface area contributed by atoms with Crippen molar-refractivity contribution in [3.8, 4) is 11.5 Å². The summed E-state index contributed by atoms with van der Waals surface area (Å²) in [5.41, 5.74) is 7.21. The van der Waals surface area contributed by atoms with E-state index < -0.39 is 6.04 Å². The van der Waals surface area contributed by atoms with Gasteiger partial charge in [-0.3, -0.25) is 4.79 Å². The molecular weight excluding hydrogens is 372 g/mol. The van der Waals surface area contributed by atoms with Crippen LogP contribution in [0.4, 0.5) is 0 Å². The molecule has 2 aliphatic rings. The normalized spacial score (nSPS) is 18.7. The Morgan fingerprint density at radius 1 is 1.27 bits per heavy atom. The number of nitrogens with one attached hydrogen (secondary N) is 1. The highest BCUT2D eigenvalue weighted by Gasteiger charge is 2.35. The molecule has 1 amide bonds. The quantitative estimate of drug-likeness (QED) is 0.735. The van der Waals surface area contributed by atoms with Gasteiger partial charge in [0.05, 0.1) is 6.04 Å². The van der Waals surface area contributed by atoms with Crippen LogP contribution in [-0.4, -0.2) is 37.3 Å². The number of hydrogen-bond donors (Lipinski definition) is 2. The van der Waals surface area contributed by atoms with E-state index in [9.17, 15) is 4.79 Å². The molecule has 7 heteroatoms. The lowest BCUT2D eigenvalue weighted by Crippen LogP contribution is -2.47. The molecular formula is C19H29ClN2O3S. The van der Waals surface area contributed by atoms with Gasteiger partial charge in [0.2, 0.25) is 12.7 Å². The smallest absolute Gasteiger partial charge is 0.236 e. The molecule has 1 fully saturated rings. The molecule has 1 saturated carbocycles. The van der Waals surface area contributed by atoms with Crippen LogP contribution in [0.3, 0.4) is 0 Å². The van der Waals surface area contributed by atoms with Gasteiger partial charge in [0, 0.05) is 12.0 Å². The number of halogens is 1. The third-order valence-electron chi connectivity index (χ3n) is 5.37. The molecule has 1 aromatic rings. The monoisotopic (exact) mass is 400 g/mol. The number of benzene rings is 1. The van der Waals surface area contributed by atoms with Crippen LogP contribution in [-0.2, 0) is 10.2 Å². The molecule has 1 aromatic carbocycles. The largest absolute Gasteiger partial charge is 0.454 e. The van der Waals surface area contributed by atoms with Crippen molar-refractivity contribution >= 4 is 30.1 Å². The topological polar surface area (TPSA) is 73.6 Å². The van der Waals surface area contributed by atoms with Gasteiger partial charge in [0.25, 0.3) is 0 Å². The van der Waals surface area contributed by atoms with Crippen LogP contribution in [0, 0.1) is 0 Å². The third-order valence-corrected chi connectivity index (χ3v) is 6.01. The average molecular weight is 401 g/mol. The zero-order chi connectivity index (χ0) is 17.7. The van der Waals surface area contributed by atoms with Crippen molar-refractivity contribution in [2.75, 3.05) is 25.3 Å². The van der Waals surface area contributed by atoms with Gasteiger partial charge in [0.1, 0.15) is 0 Å². The number of ether oxygens (including phenoxy) is 2. The second-order valence-corrected chi connectivity index (χ2v) is 8.00. The molecule has 1 heterocycles. The van der Waals surface area contributed by atoms with Crippen molar-refractivity contribution in [1.82, 2.24) is 5.32 Å². The van der Waals surface area contributed by atoms with Gasteiger partial charge in [-0.2, -0.15) is 11.8 Å². The molecule has 26 heavy (non-hydrogen) atoms. The van der Waals surface area contributed by atoms with Crippen LogP contribution in [0.2, 0.25) is 0 Å². The van der Waals surface area contributed by atoms with E-state index in [4.69, 9.17) is 15.2 Å². The van der Waals surface area contributed by atoms with E-state index in [2.05, 4.69) is 17.4 Å². The fourth-order valence-electron chi connectivity index (χ4n) is 3.79. The van der Waals surface area contributed by atoms with E-state index in [-0.39, 0.29) is 30.5 Å². The van der Waals surface area contributed by atoms with Crippen LogP contribution >= 0.6 is 24.2 Å². The van der Waals surface area contributed by atoms with Crippen molar-refractivity contribution in [2.45, 2.75) is 50.0 Å². The Morgan fingerprint density at radius 2 is 2.00 bits per heavy atom. The highest BCUT2D eigenvalue weighted by molar-refractivity contribution is 7.98. The number of carbonyl (C=O) groups is 1. The van der Waals surface area contributed by atoms with Crippen LogP contribution in [0.25, 0.3) is 0 Å². The molecule has 1 aliphatic carbocycles. The van der Waals surface area contributed by atoms with E-state index in [1.54, 1.807) is 11.8 Å². The first-order valence-electron chi connectivity index (χ1n) is 9.07. The predicted molar refractivity (Wildman–Crippen MR) is 109 cm³/mol. The molecule has 0 spiro atoms. The van der Waals surface area contributed by atoms with E-state index in [0.717, 1.165) is 30.1 Å². The molecule has 0 radical (unpaired) electrons. The number of thioether (sulfide) groups is 1. The standard InChI is InChI=1S/C19H28N2O3S.ClH/c1-25-10-7-15(20)18(22)21-12-19(8-3-2-4-9-19)14-5-6-16-17(11-14)24-13-23-16;/h5-6,11,15H,2-4,7-10,12-13,20H2,1H3,(H,21,22);1H/t15-;/m0./s1. The van der Waals surface area contributed by atoms with Crippen LogP contribution in [0.5, 0.6) is 11.5 Å². The first-order chi connectivity index (χ1) is 12.1. The summed E-state index contributed by atoms with van der Waals surface area (Å²) in [5.74, 6) is 2.48. The first-order valence-corrected chi connectivity index (χ1v) is 10.5. The number of hydrogen-bond acceptors (Lipinski definition) is 5. The molecule has 1 atom stereocenters. The molecule has 0 aromatic heterocycles. The van der Waals surface area contributed by atoms with E-state index in [0.29, 0.717) is 13.0 Å². The zero-order valence-corrected chi connectivity index (χ0v) is 16.9. The molecule has 146 valence electrons. The molecule has 0 unspecified atom stereocenters. The van der Waals surface area contributed by atoms with Gasteiger partial charge in [-0.25, -0.2) is 0 Å². The summed E-state index contributed by atoms with van der Waals surface area (Å²) in [4.78, 5) is 12.4. The number of carbonyl (C=O) groups excluding carboxylic acids is 1. The van der Waals surface area contributed by atoms with Crippen molar-refractivity contribution in [3.05, 3.63) is 23.8 Å². The molecule has 0 bridgehead atoms. The second kappa shape index (κ2) is 9.72. The minimum Gasteiger partial charge on any atom is -0.454 e. The summed E-state index contributed by atoms with van der Waals surface area (Å²) in [5, 5.41) is 3.12. The molecule has 3 rings (SSSR count). The summed E-state index contributed by atoms with van der Waals surface area (Å²) in [6, 6.07) is 5.77. The summed E-state index contributed by atoms with van der Waals surface area (Å²) in [6.45, 7) is 0.922. The number of nitrogens with two attached hydrogens (primary N) is 1. The van der Waals surface area contributed by atoms with Gasteiger partial charge in [-0.15, -0.1) is 12.4 Å². The average Bonchev–Trinajstić information content (AvgIpc) is 3.12. The lowest BCUT2D eigenvalue weighted by atomic mass is 9.69. The molecule has 3 N–H and O–H groups in total. The summed E-state index contributed by atoms with van der Waals surface area (Å²) >= 11 is 1.72. The lowest BCUT2D eigenvalue weighted by Gasteiger charge is -2.38.